The molecule has 2 rings (SSSR count). The molecule has 0 radical (unpaired) electrons. The SMILES string of the molecule is CCCNC(=O)c1cnc2ncnn2c1C. The first-order chi connectivity index (χ1) is 7.74. The second-order valence-electron chi connectivity index (χ2n) is 3.49. The van der Waals surface area contributed by atoms with Crippen molar-refractivity contribution in [2.75, 3.05) is 6.54 Å². The summed E-state index contributed by atoms with van der Waals surface area (Å²) in [5.74, 6) is 0.383. The third-order valence-corrected chi connectivity index (χ3v) is 2.33. The minimum Gasteiger partial charge on any atom is -0.352 e. The Morgan fingerprint density at radius 1 is 1.50 bits per heavy atom. The van der Waals surface area contributed by atoms with Gasteiger partial charge in [0.05, 0.1) is 11.3 Å². The zero-order chi connectivity index (χ0) is 11.5. The average Bonchev–Trinajstić information content (AvgIpc) is 2.75. The molecule has 0 saturated heterocycles. The van der Waals surface area contributed by atoms with Crippen LogP contribution in [0.25, 0.3) is 5.78 Å². The monoisotopic (exact) mass is 219 g/mol. The number of hydrogen-bond acceptors (Lipinski definition) is 4. The van der Waals surface area contributed by atoms with E-state index in [9.17, 15) is 4.79 Å². The number of carbonyl (C=O) groups excluding carboxylic acids is 1. The van der Waals surface area contributed by atoms with Crippen LogP contribution in [-0.2, 0) is 0 Å². The van der Waals surface area contributed by atoms with Gasteiger partial charge in [-0.3, -0.25) is 4.79 Å². The molecule has 0 aromatic carbocycles. The predicted octanol–water partition coefficient (Wildman–Crippen LogP) is 0.573. The van der Waals surface area contributed by atoms with Crippen molar-refractivity contribution in [3.63, 3.8) is 0 Å². The van der Waals surface area contributed by atoms with Gasteiger partial charge in [0.2, 0.25) is 0 Å². The van der Waals surface area contributed by atoms with Crippen molar-refractivity contribution in [3.05, 3.63) is 23.8 Å². The summed E-state index contributed by atoms with van der Waals surface area (Å²) in [6.07, 6.45) is 3.86. The molecule has 6 nitrogen and oxygen atoms in total. The molecule has 0 saturated carbocycles. The first-order valence-electron chi connectivity index (χ1n) is 5.17. The van der Waals surface area contributed by atoms with Gasteiger partial charge in [-0.1, -0.05) is 6.92 Å². The van der Waals surface area contributed by atoms with Crippen LogP contribution in [0.15, 0.2) is 12.5 Å². The molecule has 2 heterocycles. The fourth-order valence-electron chi connectivity index (χ4n) is 1.45. The number of amides is 1. The number of nitrogens with zero attached hydrogens (tertiary/aromatic N) is 4. The highest BCUT2D eigenvalue weighted by molar-refractivity contribution is 5.95. The molecule has 0 spiro atoms. The maximum absolute atomic E-state index is 11.8. The lowest BCUT2D eigenvalue weighted by Crippen LogP contribution is -2.25. The number of carbonyl (C=O) groups is 1. The molecule has 2 aromatic rings. The van der Waals surface area contributed by atoms with Gasteiger partial charge < -0.3 is 5.32 Å². The van der Waals surface area contributed by atoms with E-state index in [1.54, 1.807) is 4.52 Å². The van der Waals surface area contributed by atoms with Crippen LogP contribution in [0.2, 0.25) is 0 Å². The smallest absolute Gasteiger partial charge is 0.254 e. The van der Waals surface area contributed by atoms with Crippen molar-refractivity contribution in [1.82, 2.24) is 24.9 Å². The Labute approximate surface area is 92.7 Å². The quantitative estimate of drug-likeness (QED) is 0.819. The van der Waals surface area contributed by atoms with Gasteiger partial charge in [-0.05, 0) is 13.3 Å². The number of aromatic nitrogens is 4. The Hall–Kier alpha value is -1.98. The number of hydrogen-bond donors (Lipinski definition) is 1. The first-order valence-corrected chi connectivity index (χ1v) is 5.17. The van der Waals surface area contributed by atoms with E-state index in [1.807, 2.05) is 13.8 Å². The van der Waals surface area contributed by atoms with Crippen molar-refractivity contribution in [2.45, 2.75) is 20.3 Å². The molecule has 0 aliphatic rings. The Bertz CT molecular complexity index is 519. The Kier molecular flexibility index (Phi) is 2.80. The van der Waals surface area contributed by atoms with Gasteiger partial charge in [0, 0.05) is 12.7 Å². The summed E-state index contributed by atoms with van der Waals surface area (Å²) in [6.45, 7) is 4.49. The number of nitrogens with one attached hydrogen (secondary N) is 1. The van der Waals surface area contributed by atoms with Gasteiger partial charge in [0.1, 0.15) is 6.33 Å². The third kappa shape index (κ3) is 1.73. The van der Waals surface area contributed by atoms with Crippen LogP contribution < -0.4 is 5.32 Å². The fraction of sp³-hybridized carbons (Fsp3) is 0.400. The van der Waals surface area contributed by atoms with Crippen molar-refractivity contribution >= 4 is 11.7 Å². The van der Waals surface area contributed by atoms with Crippen LogP contribution in [0.4, 0.5) is 0 Å². The van der Waals surface area contributed by atoms with Crippen molar-refractivity contribution in [2.24, 2.45) is 0 Å². The van der Waals surface area contributed by atoms with Crippen LogP contribution in [0.3, 0.4) is 0 Å². The summed E-state index contributed by atoms with van der Waals surface area (Å²) in [6, 6.07) is 0. The summed E-state index contributed by atoms with van der Waals surface area (Å²) in [5.41, 5.74) is 1.28. The molecule has 16 heavy (non-hydrogen) atoms. The minimum absolute atomic E-state index is 0.121. The lowest BCUT2D eigenvalue weighted by molar-refractivity contribution is 0.0952. The van der Waals surface area contributed by atoms with Gasteiger partial charge in [0.15, 0.2) is 0 Å². The fourth-order valence-corrected chi connectivity index (χ4v) is 1.45. The average molecular weight is 219 g/mol. The highest BCUT2D eigenvalue weighted by Crippen LogP contribution is 2.06. The van der Waals surface area contributed by atoms with Crippen LogP contribution in [0.5, 0.6) is 0 Å². The lowest BCUT2D eigenvalue weighted by atomic mass is 10.2. The summed E-state index contributed by atoms with van der Waals surface area (Å²) >= 11 is 0. The Morgan fingerprint density at radius 2 is 2.31 bits per heavy atom. The standard InChI is InChI=1S/C10H13N5O/c1-3-4-11-9(16)8-5-12-10-13-6-14-15(10)7(8)2/h5-6H,3-4H2,1-2H3,(H,11,16). The molecule has 0 atom stereocenters. The van der Waals surface area contributed by atoms with E-state index in [0.29, 0.717) is 17.9 Å². The molecule has 1 amide bonds. The van der Waals surface area contributed by atoms with Gasteiger partial charge in [-0.25, -0.2) is 9.50 Å². The van der Waals surface area contributed by atoms with Crippen LogP contribution in [0.1, 0.15) is 29.4 Å². The summed E-state index contributed by atoms with van der Waals surface area (Å²) in [4.78, 5) is 19.8. The zero-order valence-corrected chi connectivity index (χ0v) is 9.27. The second-order valence-corrected chi connectivity index (χ2v) is 3.49. The molecule has 2 aromatic heterocycles. The van der Waals surface area contributed by atoms with Gasteiger partial charge in [0.25, 0.3) is 11.7 Å². The maximum Gasteiger partial charge on any atom is 0.254 e. The molecule has 0 unspecified atom stereocenters. The molecular weight excluding hydrogens is 206 g/mol. The van der Waals surface area contributed by atoms with E-state index in [4.69, 9.17) is 0 Å². The van der Waals surface area contributed by atoms with Crippen LogP contribution in [0, 0.1) is 6.92 Å². The molecule has 0 aliphatic carbocycles. The molecule has 1 N–H and O–H groups in total. The summed E-state index contributed by atoms with van der Waals surface area (Å²) in [5, 5.41) is 6.81. The minimum atomic E-state index is -0.121. The van der Waals surface area contributed by atoms with Gasteiger partial charge >= 0.3 is 0 Å². The molecule has 6 heteroatoms. The Morgan fingerprint density at radius 3 is 3.06 bits per heavy atom. The number of fused-ring (bicyclic) bond motifs is 1. The first kappa shape index (κ1) is 10.5. The summed E-state index contributed by atoms with van der Waals surface area (Å²) < 4.78 is 1.56. The third-order valence-electron chi connectivity index (χ3n) is 2.33. The molecule has 0 fully saturated rings. The number of aryl methyl sites for hydroxylation is 1. The van der Waals surface area contributed by atoms with E-state index in [-0.39, 0.29) is 5.91 Å². The number of rotatable bonds is 3. The molecule has 84 valence electrons. The van der Waals surface area contributed by atoms with Crippen molar-refractivity contribution in [1.29, 1.82) is 0 Å². The van der Waals surface area contributed by atoms with Crippen molar-refractivity contribution < 1.29 is 4.79 Å². The zero-order valence-electron chi connectivity index (χ0n) is 9.27. The van der Waals surface area contributed by atoms with Crippen molar-refractivity contribution in [3.8, 4) is 0 Å². The molecule has 0 bridgehead atoms. The van der Waals surface area contributed by atoms with E-state index in [2.05, 4.69) is 20.4 Å². The summed E-state index contributed by atoms with van der Waals surface area (Å²) in [7, 11) is 0. The van der Waals surface area contributed by atoms with Gasteiger partial charge in [-0.2, -0.15) is 10.1 Å². The van der Waals surface area contributed by atoms with Crippen LogP contribution in [-0.4, -0.2) is 32.0 Å². The van der Waals surface area contributed by atoms with E-state index in [1.165, 1.54) is 12.5 Å². The maximum atomic E-state index is 11.8. The molecular formula is C10H13N5O. The highest BCUT2D eigenvalue weighted by Gasteiger charge is 2.12. The topological polar surface area (TPSA) is 72.2 Å². The normalized spacial score (nSPS) is 10.6. The predicted molar refractivity (Wildman–Crippen MR) is 58.1 cm³/mol. The highest BCUT2D eigenvalue weighted by atomic mass is 16.1. The van der Waals surface area contributed by atoms with E-state index < -0.39 is 0 Å². The molecule has 0 aliphatic heterocycles. The van der Waals surface area contributed by atoms with Gasteiger partial charge in [-0.15, -0.1) is 0 Å². The lowest BCUT2D eigenvalue weighted by Gasteiger charge is -2.06. The Balaban J connectivity index is 2.37. The van der Waals surface area contributed by atoms with E-state index >= 15 is 0 Å². The second kappa shape index (κ2) is 4.26. The largest absolute Gasteiger partial charge is 0.352 e. The van der Waals surface area contributed by atoms with Crippen LogP contribution >= 0.6 is 0 Å². The van der Waals surface area contributed by atoms with E-state index in [0.717, 1.165) is 12.1 Å².